The van der Waals surface area contributed by atoms with E-state index in [1.807, 2.05) is 17.5 Å². The lowest BCUT2D eigenvalue weighted by atomic mass is 10.1. The van der Waals surface area contributed by atoms with Gasteiger partial charge in [-0.3, -0.25) is 0 Å². The number of ether oxygens (including phenoxy) is 3. The van der Waals surface area contributed by atoms with Gasteiger partial charge in [-0.05, 0) is 29.6 Å². The standard InChI is InChI=1S/C18H13NO6S2/c1-23-16(20)10-6-11(17(21)24-2)8-12(7-10)25-18(22)14-9-19-15(27-14)13-4-3-5-26-13/h3-9H,1-2H3. The average Bonchev–Trinajstić information content (AvgIpc) is 3.37. The van der Waals surface area contributed by atoms with Crippen molar-refractivity contribution in [3.8, 4) is 15.6 Å². The lowest BCUT2D eigenvalue weighted by Crippen LogP contribution is -2.10. The van der Waals surface area contributed by atoms with Crippen LogP contribution in [-0.4, -0.2) is 37.1 Å². The highest BCUT2D eigenvalue weighted by molar-refractivity contribution is 7.21. The molecule has 7 nitrogen and oxygen atoms in total. The van der Waals surface area contributed by atoms with Crippen LogP contribution in [0.15, 0.2) is 41.9 Å². The quantitative estimate of drug-likeness (QED) is 0.474. The van der Waals surface area contributed by atoms with E-state index < -0.39 is 17.9 Å². The lowest BCUT2D eigenvalue weighted by Gasteiger charge is -2.08. The number of carbonyl (C=O) groups is 3. The molecule has 0 N–H and O–H groups in total. The molecule has 0 atom stereocenters. The van der Waals surface area contributed by atoms with Gasteiger partial charge in [0.05, 0.1) is 36.4 Å². The summed E-state index contributed by atoms with van der Waals surface area (Å²) in [5, 5.41) is 2.62. The Morgan fingerprint density at radius 3 is 2.19 bits per heavy atom. The summed E-state index contributed by atoms with van der Waals surface area (Å²) in [6, 6.07) is 7.73. The van der Waals surface area contributed by atoms with E-state index in [4.69, 9.17) is 4.74 Å². The maximum Gasteiger partial charge on any atom is 0.355 e. The molecule has 0 amide bonds. The Balaban J connectivity index is 1.86. The SMILES string of the molecule is COC(=O)c1cc(OC(=O)c2cnc(-c3cccs3)s2)cc(C(=O)OC)c1. The zero-order valence-corrected chi connectivity index (χ0v) is 15.9. The molecule has 0 unspecified atom stereocenters. The van der Waals surface area contributed by atoms with Crippen molar-refractivity contribution in [3.05, 3.63) is 57.9 Å². The summed E-state index contributed by atoms with van der Waals surface area (Å²) < 4.78 is 14.6. The van der Waals surface area contributed by atoms with Crippen LogP contribution >= 0.6 is 22.7 Å². The summed E-state index contributed by atoms with van der Waals surface area (Å²) in [6.07, 6.45) is 1.42. The van der Waals surface area contributed by atoms with Crippen molar-refractivity contribution in [2.45, 2.75) is 0 Å². The van der Waals surface area contributed by atoms with Gasteiger partial charge >= 0.3 is 17.9 Å². The Morgan fingerprint density at radius 2 is 1.63 bits per heavy atom. The van der Waals surface area contributed by atoms with Gasteiger partial charge in [-0.2, -0.15) is 0 Å². The molecular weight excluding hydrogens is 390 g/mol. The molecule has 0 saturated carbocycles. The van der Waals surface area contributed by atoms with Crippen LogP contribution in [-0.2, 0) is 9.47 Å². The zero-order chi connectivity index (χ0) is 19.4. The van der Waals surface area contributed by atoms with Crippen LogP contribution in [0.25, 0.3) is 9.88 Å². The minimum atomic E-state index is -0.671. The lowest BCUT2D eigenvalue weighted by molar-refractivity contribution is 0.0593. The molecule has 1 aromatic carbocycles. The number of nitrogens with zero attached hydrogens (tertiary/aromatic N) is 1. The van der Waals surface area contributed by atoms with Crippen molar-refractivity contribution in [1.82, 2.24) is 4.98 Å². The van der Waals surface area contributed by atoms with Gasteiger partial charge in [0.1, 0.15) is 15.6 Å². The highest BCUT2D eigenvalue weighted by Crippen LogP contribution is 2.29. The number of methoxy groups -OCH3 is 2. The van der Waals surface area contributed by atoms with Crippen molar-refractivity contribution in [1.29, 1.82) is 0 Å². The largest absolute Gasteiger partial charge is 0.465 e. The van der Waals surface area contributed by atoms with Crippen molar-refractivity contribution >= 4 is 40.6 Å². The van der Waals surface area contributed by atoms with Gasteiger partial charge in [-0.1, -0.05) is 6.07 Å². The van der Waals surface area contributed by atoms with Crippen LogP contribution in [0.1, 0.15) is 30.4 Å². The molecule has 0 bridgehead atoms. The van der Waals surface area contributed by atoms with Crippen molar-refractivity contribution in [3.63, 3.8) is 0 Å². The van der Waals surface area contributed by atoms with E-state index in [2.05, 4.69) is 14.5 Å². The molecule has 3 rings (SSSR count). The van der Waals surface area contributed by atoms with Gasteiger partial charge < -0.3 is 14.2 Å². The molecule has 0 aliphatic rings. The molecule has 0 spiro atoms. The second-order valence-corrected chi connectivity index (χ2v) is 7.10. The molecule has 0 aliphatic heterocycles. The number of hydrogen-bond donors (Lipinski definition) is 0. The maximum absolute atomic E-state index is 12.4. The fraction of sp³-hybridized carbons (Fsp3) is 0.111. The molecular formula is C18H13NO6S2. The average molecular weight is 403 g/mol. The van der Waals surface area contributed by atoms with Gasteiger partial charge in [-0.25, -0.2) is 19.4 Å². The predicted octanol–water partition coefficient (Wildman–Crippen LogP) is 3.66. The molecule has 0 aliphatic carbocycles. The highest BCUT2D eigenvalue weighted by atomic mass is 32.1. The zero-order valence-electron chi connectivity index (χ0n) is 14.3. The number of carbonyl (C=O) groups excluding carboxylic acids is 3. The summed E-state index contributed by atoms with van der Waals surface area (Å²) >= 11 is 2.70. The Kier molecular flexibility index (Phi) is 5.63. The van der Waals surface area contributed by atoms with Crippen molar-refractivity contribution in [2.75, 3.05) is 14.2 Å². The number of benzene rings is 1. The first kappa shape index (κ1) is 18.7. The summed E-state index contributed by atoms with van der Waals surface area (Å²) in [7, 11) is 2.42. The Labute approximate surface area is 162 Å². The third-order valence-corrected chi connectivity index (χ3v) is 5.41. The van der Waals surface area contributed by atoms with Crippen molar-refractivity contribution in [2.24, 2.45) is 0 Å². The predicted molar refractivity (Wildman–Crippen MR) is 99.5 cm³/mol. The second kappa shape index (κ2) is 8.11. The van der Waals surface area contributed by atoms with Crippen LogP contribution in [0.2, 0.25) is 0 Å². The summed E-state index contributed by atoms with van der Waals surface area (Å²) in [5.74, 6) is -1.96. The molecule has 27 heavy (non-hydrogen) atoms. The third kappa shape index (κ3) is 4.21. The first-order valence-electron chi connectivity index (χ1n) is 7.55. The minimum Gasteiger partial charge on any atom is -0.465 e. The molecule has 138 valence electrons. The van der Waals surface area contributed by atoms with Gasteiger partial charge in [0.2, 0.25) is 0 Å². The Hall–Kier alpha value is -3.04. The first-order chi connectivity index (χ1) is 13.0. The van der Waals surface area contributed by atoms with Gasteiger partial charge in [0.25, 0.3) is 0 Å². The van der Waals surface area contributed by atoms with Crippen LogP contribution in [0.3, 0.4) is 0 Å². The summed E-state index contributed by atoms with van der Waals surface area (Å²) in [4.78, 5) is 41.5. The van der Waals surface area contributed by atoms with E-state index in [-0.39, 0.29) is 16.9 Å². The van der Waals surface area contributed by atoms with Crippen molar-refractivity contribution < 1.29 is 28.6 Å². The summed E-state index contributed by atoms with van der Waals surface area (Å²) in [6.45, 7) is 0. The van der Waals surface area contributed by atoms with E-state index in [0.717, 1.165) is 4.88 Å². The van der Waals surface area contributed by atoms with Crippen LogP contribution < -0.4 is 4.74 Å². The molecule has 0 fully saturated rings. The van der Waals surface area contributed by atoms with Crippen LogP contribution in [0.4, 0.5) is 0 Å². The number of rotatable bonds is 5. The second-order valence-electron chi connectivity index (χ2n) is 5.13. The van der Waals surface area contributed by atoms with Gasteiger partial charge in [0, 0.05) is 0 Å². The molecule has 2 heterocycles. The van der Waals surface area contributed by atoms with Crippen LogP contribution in [0, 0.1) is 0 Å². The maximum atomic E-state index is 12.4. The highest BCUT2D eigenvalue weighted by Gasteiger charge is 2.18. The molecule has 9 heteroatoms. The molecule has 2 aromatic heterocycles. The fourth-order valence-corrected chi connectivity index (χ4v) is 3.77. The number of thiazole rings is 1. The fourth-order valence-electron chi connectivity index (χ4n) is 2.17. The molecule has 3 aromatic rings. The minimum absolute atomic E-state index is 0.0226. The Bertz CT molecular complexity index is 959. The van der Waals surface area contributed by atoms with E-state index in [0.29, 0.717) is 9.88 Å². The monoisotopic (exact) mass is 403 g/mol. The number of hydrogen-bond acceptors (Lipinski definition) is 9. The van der Waals surface area contributed by atoms with E-state index in [9.17, 15) is 14.4 Å². The van der Waals surface area contributed by atoms with E-state index >= 15 is 0 Å². The number of esters is 3. The number of thiophene rings is 1. The molecule has 0 radical (unpaired) electrons. The van der Waals surface area contributed by atoms with Crippen LogP contribution in [0.5, 0.6) is 5.75 Å². The van der Waals surface area contributed by atoms with E-state index in [1.54, 1.807) is 0 Å². The number of aromatic nitrogens is 1. The summed E-state index contributed by atoms with van der Waals surface area (Å²) in [5.41, 5.74) is 0.124. The van der Waals surface area contributed by atoms with Gasteiger partial charge in [0.15, 0.2) is 0 Å². The first-order valence-corrected chi connectivity index (χ1v) is 9.25. The third-order valence-electron chi connectivity index (χ3n) is 3.40. The smallest absolute Gasteiger partial charge is 0.355 e. The normalized spacial score (nSPS) is 10.3. The Morgan fingerprint density at radius 1 is 0.963 bits per heavy atom. The van der Waals surface area contributed by atoms with Gasteiger partial charge in [-0.15, -0.1) is 22.7 Å². The topological polar surface area (TPSA) is 91.8 Å². The molecule has 0 saturated heterocycles. The van der Waals surface area contributed by atoms with E-state index in [1.165, 1.54) is 61.3 Å².